The quantitative estimate of drug-likeness (QED) is 0.771. The molecule has 1 rings (SSSR count). The molecule has 0 aromatic heterocycles. The minimum absolute atomic E-state index is 0.136. The van der Waals surface area contributed by atoms with Crippen molar-refractivity contribution in [3.8, 4) is 0 Å². The van der Waals surface area contributed by atoms with E-state index in [1.54, 1.807) is 27.7 Å². The van der Waals surface area contributed by atoms with Gasteiger partial charge in [-0.1, -0.05) is 6.92 Å². The summed E-state index contributed by atoms with van der Waals surface area (Å²) < 4.78 is 25.2. The number of sulfonamides is 1. The Balaban J connectivity index is 3.09. The van der Waals surface area contributed by atoms with E-state index in [4.69, 9.17) is 0 Å². The number of nitrogens with zero attached hydrogens (tertiary/aromatic N) is 1. The highest BCUT2D eigenvalue weighted by atomic mass is 32.2. The molecule has 1 atom stereocenters. The Morgan fingerprint density at radius 1 is 1.27 bits per heavy atom. The van der Waals surface area contributed by atoms with Gasteiger partial charge in [0.15, 0.2) is 0 Å². The molecule has 0 amide bonds. The van der Waals surface area contributed by atoms with Gasteiger partial charge in [0.1, 0.15) is 0 Å². The zero-order valence-electron chi connectivity index (χ0n) is 10.1. The molecule has 0 aromatic carbocycles. The van der Waals surface area contributed by atoms with Gasteiger partial charge >= 0.3 is 0 Å². The van der Waals surface area contributed by atoms with Crippen LogP contribution < -0.4 is 0 Å². The van der Waals surface area contributed by atoms with Gasteiger partial charge < -0.3 is 5.11 Å². The van der Waals surface area contributed by atoms with Crippen LogP contribution in [0.1, 0.15) is 34.6 Å². The molecule has 0 aliphatic carbocycles. The van der Waals surface area contributed by atoms with Crippen molar-refractivity contribution in [3.63, 3.8) is 0 Å². The summed E-state index contributed by atoms with van der Waals surface area (Å²) in [5.74, 6) is 0.323. The van der Waals surface area contributed by atoms with Gasteiger partial charge in [0.2, 0.25) is 10.0 Å². The van der Waals surface area contributed by atoms with Crippen LogP contribution in [0.2, 0.25) is 0 Å². The van der Waals surface area contributed by atoms with Crippen molar-refractivity contribution in [1.82, 2.24) is 4.31 Å². The normalized spacial score (nSPS) is 28.3. The first-order valence-corrected chi connectivity index (χ1v) is 6.82. The van der Waals surface area contributed by atoms with Crippen LogP contribution in [0.4, 0.5) is 0 Å². The van der Waals surface area contributed by atoms with Crippen LogP contribution in [0.5, 0.6) is 0 Å². The molecule has 0 saturated carbocycles. The van der Waals surface area contributed by atoms with E-state index in [1.807, 2.05) is 6.92 Å². The number of hydrogen-bond acceptors (Lipinski definition) is 3. The van der Waals surface area contributed by atoms with E-state index >= 15 is 0 Å². The maximum absolute atomic E-state index is 11.9. The standard InChI is InChI=1S/C10H21NO3S/c1-8-6-11(15(13,14)7-8)9(2,3)10(4,5)12/h8,12H,6-7H2,1-5H3. The third-order valence-corrected chi connectivity index (χ3v) is 5.70. The van der Waals surface area contributed by atoms with Crippen LogP contribution >= 0.6 is 0 Å². The van der Waals surface area contributed by atoms with E-state index in [0.717, 1.165) is 0 Å². The molecule has 90 valence electrons. The molecule has 1 aliphatic rings. The van der Waals surface area contributed by atoms with Gasteiger partial charge in [-0.3, -0.25) is 0 Å². The summed E-state index contributed by atoms with van der Waals surface area (Å²) in [7, 11) is -3.20. The summed E-state index contributed by atoms with van der Waals surface area (Å²) in [6.07, 6.45) is 0. The third-order valence-electron chi connectivity index (χ3n) is 3.43. The minimum Gasteiger partial charge on any atom is -0.389 e. The SMILES string of the molecule is CC1CN(C(C)(C)C(C)(C)O)S(=O)(=O)C1. The molecule has 5 heteroatoms. The molecular formula is C10H21NO3S. The lowest BCUT2D eigenvalue weighted by Gasteiger charge is -2.43. The molecule has 4 nitrogen and oxygen atoms in total. The summed E-state index contributed by atoms with van der Waals surface area (Å²) in [6.45, 7) is 9.24. The molecule has 0 aromatic rings. The molecule has 1 unspecified atom stereocenters. The van der Waals surface area contributed by atoms with Crippen molar-refractivity contribution >= 4 is 10.0 Å². The van der Waals surface area contributed by atoms with Crippen LogP contribution in [0.15, 0.2) is 0 Å². The zero-order chi connectivity index (χ0) is 12.1. The maximum Gasteiger partial charge on any atom is 0.215 e. The van der Waals surface area contributed by atoms with Gasteiger partial charge in [-0.15, -0.1) is 0 Å². The first-order chi connectivity index (χ1) is 6.48. The Hall–Kier alpha value is -0.130. The lowest BCUT2D eigenvalue weighted by Crippen LogP contribution is -2.58. The summed E-state index contributed by atoms with van der Waals surface area (Å²) in [4.78, 5) is 0. The second-order valence-corrected chi connectivity index (χ2v) is 7.47. The Bertz CT molecular complexity index is 340. The van der Waals surface area contributed by atoms with Crippen molar-refractivity contribution in [1.29, 1.82) is 0 Å². The van der Waals surface area contributed by atoms with E-state index in [2.05, 4.69) is 0 Å². The molecular weight excluding hydrogens is 214 g/mol. The topological polar surface area (TPSA) is 57.6 Å². The van der Waals surface area contributed by atoms with Crippen LogP contribution in [0, 0.1) is 5.92 Å². The fourth-order valence-electron chi connectivity index (χ4n) is 1.78. The predicted molar refractivity (Wildman–Crippen MR) is 60.0 cm³/mol. The Morgan fingerprint density at radius 3 is 2.00 bits per heavy atom. The van der Waals surface area contributed by atoms with E-state index in [1.165, 1.54) is 4.31 Å². The maximum atomic E-state index is 11.9. The van der Waals surface area contributed by atoms with Crippen LogP contribution in [-0.2, 0) is 10.0 Å². The van der Waals surface area contributed by atoms with E-state index in [9.17, 15) is 13.5 Å². The first-order valence-electron chi connectivity index (χ1n) is 5.21. The van der Waals surface area contributed by atoms with Gasteiger partial charge in [0, 0.05) is 6.54 Å². The Labute approximate surface area is 92.3 Å². The van der Waals surface area contributed by atoms with Crippen molar-refractivity contribution in [2.24, 2.45) is 5.92 Å². The van der Waals surface area contributed by atoms with Crippen molar-refractivity contribution in [3.05, 3.63) is 0 Å². The monoisotopic (exact) mass is 235 g/mol. The summed E-state index contributed by atoms with van der Waals surface area (Å²) >= 11 is 0. The van der Waals surface area contributed by atoms with Gasteiger partial charge in [0.25, 0.3) is 0 Å². The lowest BCUT2D eigenvalue weighted by molar-refractivity contribution is -0.0395. The minimum atomic E-state index is -3.20. The molecule has 0 radical (unpaired) electrons. The molecule has 1 heterocycles. The van der Waals surface area contributed by atoms with Crippen LogP contribution in [-0.4, -0.2) is 41.3 Å². The highest BCUT2D eigenvalue weighted by Gasteiger charge is 2.49. The number of aliphatic hydroxyl groups is 1. The van der Waals surface area contributed by atoms with Crippen molar-refractivity contribution in [2.75, 3.05) is 12.3 Å². The van der Waals surface area contributed by atoms with Crippen molar-refractivity contribution in [2.45, 2.75) is 45.8 Å². The highest BCUT2D eigenvalue weighted by Crippen LogP contribution is 2.35. The molecule has 1 fully saturated rings. The highest BCUT2D eigenvalue weighted by molar-refractivity contribution is 7.89. The molecule has 15 heavy (non-hydrogen) atoms. The molecule has 0 spiro atoms. The van der Waals surface area contributed by atoms with E-state index < -0.39 is 21.2 Å². The van der Waals surface area contributed by atoms with E-state index in [0.29, 0.717) is 6.54 Å². The molecule has 1 N–H and O–H groups in total. The van der Waals surface area contributed by atoms with Gasteiger partial charge in [0.05, 0.1) is 16.9 Å². The fraction of sp³-hybridized carbons (Fsp3) is 1.00. The van der Waals surface area contributed by atoms with Gasteiger partial charge in [-0.2, -0.15) is 4.31 Å². The smallest absolute Gasteiger partial charge is 0.215 e. The molecule has 1 aliphatic heterocycles. The van der Waals surface area contributed by atoms with Gasteiger partial charge in [-0.05, 0) is 33.6 Å². The van der Waals surface area contributed by atoms with Gasteiger partial charge in [-0.25, -0.2) is 8.42 Å². The molecule has 0 bridgehead atoms. The summed E-state index contributed by atoms with van der Waals surface area (Å²) in [6, 6.07) is 0. The van der Waals surface area contributed by atoms with Crippen molar-refractivity contribution < 1.29 is 13.5 Å². The van der Waals surface area contributed by atoms with E-state index in [-0.39, 0.29) is 11.7 Å². The fourth-order valence-corrected chi connectivity index (χ4v) is 4.18. The Kier molecular flexibility index (Phi) is 2.96. The lowest BCUT2D eigenvalue weighted by atomic mass is 9.85. The Morgan fingerprint density at radius 2 is 1.73 bits per heavy atom. The number of hydrogen-bond donors (Lipinski definition) is 1. The predicted octanol–water partition coefficient (Wildman–Crippen LogP) is 0.817. The summed E-state index contributed by atoms with van der Waals surface area (Å²) in [5.41, 5.74) is -1.82. The van der Waals surface area contributed by atoms with Crippen LogP contribution in [0.25, 0.3) is 0 Å². The summed E-state index contributed by atoms with van der Waals surface area (Å²) in [5, 5.41) is 10.0. The molecule has 1 saturated heterocycles. The average Bonchev–Trinajstić information content (AvgIpc) is 2.21. The number of rotatable bonds is 2. The third kappa shape index (κ3) is 2.19. The first kappa shape index (κ1) is 12.9. The largest absolute Gasteiger partial charge is 0.389 e. The zero-order valence-corrected chi connectivity index (χ0v) is 10.9. The van der Waals surface area contributed by atoms with Crippen LogP contribution in [0.3, 0.4) is 0 Å². The second kappa shape index (κ2) is 3.43. The average molecular weight is 235 g/mol. The second-order valence-electron chi connectivity index (χ2n) is 5.53.